The number of rotatable bonds is 10. The summed E-state index contributed by atoms with van der Waals surface area (Å²) in [7, 11) is 3.95. The zero-order chi connectivity index (χ0) is 27.2. The Morgan fingerprint density at radius 2 is 1.68 bits per heavy atom. The Hall–Kier alpha value is -3.90. The molecule has 1 aliphatic rings. The number of hydrogen-bond acceptors (Lipinski definition) is 5. The van der Waals surface area contributed by atoms with Crippen molar-refractivity contribution in [2.24, 2.45) is 0 Å². The number of ether oxygens (including phenoxy) is 1. The molecule has 0 radical (unpaired) electrons. The van der Waals surface area contributed by atoms with Crippen LogP contribution < -0.4 is 4.74 Å². The highest BCUT2D eigenvalue weighted by atomic mass is 16.5. The van der Waals surface area contributed by atoms with Gasteiger partial charge < -0.3 is 19.6 Å². The van der Waals surface area contributed by atoms with Crippen molar-refractivity contribution in [3.05, 3.63) is 106 Å². The lowest BCUT2D eigenvalue weighted by atomic mass is 9.94. The first-order valence-electron chi connectivity index (χ1n) is 13.1. The molecule has 0 spiro atoms. The van der Waals surface area contributed by atoms with Gasteiger partial charge in [0.2, 0.25) is 0 Å². The third kappa shape index (κ3) is 5.97. The number of benzene rings is 3. The number of hydrogen-bond donors (Lipinski definition) is 1. The third-order valence-corrected chi connectivity index (χ3v) is 6.93. The van der Waals surface area contributed by atoms with Crippen LogP contribution >= 0.6 is 0 Å². The van der Waals surface area contributed by atoms with Gasteiger partial charge in [0.1, 0.15) is 18.1 Å². The lowest BCUT2D eigenvalue weighted by Gasteiger charge is -2.26. The molecule has 1 fully saturated rings. The molecular weight excluding hydrogens is 476 g/mol. The Morgan fingerprint density at radius 1 is 0.974 bits per heavy atom. The van der Waals surface area contributed by atoms with E-state index in [2.05, 4.69) is 6.92 Å². The molecule has 4 rings (SSSR count). The topological polar surface area (TPSA) is 70.1 Å². The van der Waals surface area contributed by atoms with Gasteiger partial charge in [-0.05, 0) is 80.9 Å². The van der Waals surface area contributed by atoms with Gasteiger partial charge in [0, 0.05) is 12.1 Å². The summed E-state index contributed by atoms with van der Waals surface area (Å²) in [6, 6.07) is 22.5. The van der Waals surface area contributed by atoms with E-state index in [0.29, 0.717) is 24.5 Å². The Kier molecular flexibility index (Phi) is 8.64. The van der Waals surface area contributed by atoms with Gasteiger partial charge in [0.15, 0.2) is 0 Å². The van der Waals surface area contributed by atoms with Crippen molar-refractivity contribution in [1.82, 2.24) is 9.80 Å². The van der Waals surface area contributed by atoms with Crippen molar-refractivity contribution in [1.29, 1.82) is 0 Å². The number of aliphatic hydroxyl groups is 1. The molecule has 1 N–H and O–H groups in total. The molecule has 1 heterocycles. The monoisotopic (exact) mass is 512 g/mol. The van der Waals surface area contributed by atoms with E-state index in [1.165, 1.54) is 5.56 Å². The molecule has 3 aromatic carbocycles. The van der Waals surface area contributed by atoms with E-state index in [1.54, 1.807) is 23.1 Å². The van der Waals surface area contributed by atoms with Crippen LogP contribution in [0.1, 0.15) is 47.2 Å². The fraction of sp³-hybridized carbons (Fsp3) is 0.312. The quantitative estimate of drug-likeness (QED) is 0.220. The van der Waals surface area contributed by atoms with Gasteiger partial charge >= 0.3 is 0 Å². The standard InChI is InChI=1S/C32H36N2O4/c1-5-23-12-14-25(15-13-23)29-28(31(36)32(37)34(29)19-9-18-33(3)4)30(35)26-16-17-27(22(2)20-26)38-21-24-10-7-6-8-11-24/h6-8,10-17,20,29,35H,5,9,18-19,21H2,1-4H3/b30-28+/t29-/m1/s1. The van der Waals surface area contributed by atoms with Crippen LogP contribution in [-0.2, 0) is 22.6 Å². The van der Waals surface area contributed by atoms with Gasteiger partial charge in [-0.15, -0.1) is 0 Å². The van der Waals surface area contributed by atoms with Gasteiger partial charge in [-0.25, -0.2) is 0 Å². The molecule has 0 aromatic heterocycles. The minimum Gasteiger partial charge on any atom is -0.507 e. The van der Waals surface area contributed by atoms with Crippen LogP contribution in [0.5, 0.6) is 5.75 Å². The summed E-state index contributed by atoms with van der Waals surface area (Å²) in [6.45, 7) is 5.62. The summed E-state index contributed by atoms with van der Waals surface area (Å²) in [5.41, 5.74) is 4.47. The first-order valence-corrected chi connectivity index (χ1v) is 13.1. The molecule has 0 aliphatic carbocycles. The summed E-state index contributed by atoms with van der Waals surface area (Å²) >= 11 is 0. The smallest absolute Gasteiger partial charge is 0.295 e. The normalized spacial score (nSPS) is 16.9. The minimum absolute atomic E-state index is 0.126. The van der Waals surface area contributed by atoms with Crippen molar-refractivity contribution in [2.45, 2.75) is 39.3 Å². The Labute approximate surface area is 225 Å². The molecule has 1 amide bonds. The summed E-state index contributed by atoms with van der Waals surface area (Å²) in [5.74, 6) is -0.699. The number of carbonyl (C=O) groups is 2. The molecule has 0 saturated carbocycles. The number of nitrogens with zero attached hydrogens (tertiary/aromatic N) is 2. The molecule has 198 valence electrons. The largest absolute Gasteiger partial charge is 0.507 e. The number of Topliss-reactive ketones (excluding diaryl/α,β-unsaturated/α-hetero) is 1. The summed E-state index contributed by atoms with van der Waals surface area (Å²) in [4.78, 5) is 30.1. The molecular formula is C32H36N2O4. The van der Waals surface area contributed by atoms with Gasteiger partial charge in [-0.2, -0.15) is 0 Å². The van der Waals surface area contributed by atoms with Crippen LogP contribution in [0.4, 0.5) is 0 Å². The van der Waals surface area contributed by atoms with Crippen LogP contribution in [0.15, 0.2) is 78.4 Å². The second-order valence-corrected chi connectivity index (χ2v) is 10.00. The molecule has 6 nitrogen and oxygen atoms in total. The highest BCUT2D eigenvalue weighted by Gasteiger charge is 2.45. The molecule has 3 aromatic rings. The van der Waals surface area contributed by atoms with Crippen molar-refractivity contribution < 1.29 is 19.4 Å². The lowest BCUT2D eigenvalue weighted by Crippen LogP contribution is -2.32. The maximum absolute atomic E-state index is 13.3. The molecule has 1 saturated heterocycles. The maximum atomic E-state index is 13.3. The highest BCUT2D eigenvalue weighted by molar-refractivity contribution is 6.46. The molecule has 1 atom stereocenters. The van der Waals surface area contributed by atoms with Crippen LogP contribution in [0.25, 0.3) is 5.76 Å². The number of aliphatic hydroxyl groups excluding tert-OH is 1. The molecule has 0 unspecified atom stereocenters. The van der Waals surface area contributed by atoms with Crippen molar-refractivity contribution >= 4 is 17.4 Å². The second-order valence-electron chi connectivity index (χ2n) is 10.00. The maximum Gasteiger partial charge on any atom is 0.295 e. The number of ketones is 1. The molecule has 0 bridgehead atoms. The van der Waals surface area contributed by atoms with Gasteiger partial charge in [0.05, 0.1) is 11.6 Å². The Morgan fingerprint density at radius 3 is 2.32 bits per heavy atom. The van der Waals surface area contributed by atoms with E-state index in [-0.39, 0.29) is 11.3 Å². The van der Waals surface area contributed by atoms with Crippen molar-refractivity contribution in [3.8, 4) is 5.75 Å². The average molecular weight is 513 g/mol. The van der Waals surface area contributed by atoms with E-state index >= 15 is 0 Å². The first kappa shape index (κ1) is 27.1. The van der Waals surface area contributed by atoms with Gasteiger partial charge in [0.25, 0.3) is 11.7 Å². The molecule has 1 aliphatic heterocycles. The molecule has 38 heavy (non-hydrogen) atoms. The van der Waals surface area contributed by atoms with Crippen LogP contribution in [0, 0.1) is 6.92 Å². The summed E-state index contributed by atoms with van der Waals surface area (Å²) < 4.78 is 5.98. The predicted octanol–water partition coefficient (Wildman–Crippen LogP) is 5.51. The second kappa shape index (κ2) is 12.1. The van der Waals surface area contributed by atoms with E-state index < -0.39 is 17.7 Å². The van der Waals surface area contributed by atoms with Gasteiger partial charge in [-0.1, -0.05) is 61.5 Å². The van der Waals surface area contributed by atoms with Gasteiger partial charge in [-0.3, -0.25) is 9.59 Å². The number of likely N-dealkylation sites (tertiary alicyclic amines) is 1. The zero-order valence-corrected chi connectivity index (χ0v) is 22.6. The average Bonchev–Trinajstić information content (AvgIpc) is 3.17. The summed E-state index contributed by atoms with van der Waals surface area (Å²) in [5, 5.41) is 11.4. The fourth-order valence-electron chi connectivity index (χ4n) is 4.80. The Balaban J connectivity index is 1.68. The van der Waals surface area contributed by atoms with Crippen LogP contribution in [0.3, 0.4) is 0 Å². The van der Waals surface area contributed by atoms with Crippen LogP contribution in [-0.4, -0.2) is 53.8 Å². The Bertz CT molecular complexity index is 1310. The molecule has 6 heteroatoms. The first-order chi connectivity index (χ1) is 18.3. The number of amides is 1. The van der Waals surface area contributed by atoms with Crippen molar-refractivity contribution in [2.75, 3.05) is 27.2 Å². The van der Waals surface area contributed by atoms with E-state index in [4.69, 9.17) is 4.74 Å². The summed E-state index contributed by atoms with van der Waals surface area (Å²) in [6.07, 6.45) is 1.61. The minimum atomic E-state index is -0.654. The third-order valence-electron chi connectivity index (χ3n) is 6.93. The van der Waals surface area contributed by atoms with E-state index in [0.717, 1.165) is 36.1 Å². The lowest BCUT2D eigenvalue weighted by molar-refractivity contribution is -0.139. The van der Waals surface area contributed by atoms with Crippen LogP contribution in [0.2, 0.25) is 0 Å². The van der Waals surface area contributed by atoms with E-state index in [9.17, 15) is 14.7 Å². The van der Waals surface area contributed by atoms with Crippen molar-refractivity contribution in [3.63, 3.8) is 0 Å². The zero-order valence-electron chi connectivity index (χ0n) is 22.6. The highest BCUT2D eigenvalue weighted by Crippen LogP contribution is 2.40. The number of carbonyl (C=O) groups excluding carboxylic acids is 2. The fourth-order valence-corrected chi connectivity index (χ4v) is 4.80. The predicted molar refractivity (Wildman–Crippen MR) is 150 cm³/mol. The van der Waals surface area contributed by atoms with E-state index in [1.807, 2.05) is 80.5 Å². The SMILES string of the molecule is CCc1ccc([C@@H]2/C(=C(\O)c3ccc(OCc4ccccc4)c(C)c3)C(=O)C(=O)N2CCCN(C)C)cc1. The number of aryl methyl sites for hydroxylation is 2.